The minimum Gasteiger partial charge on any atom is -0.399 e. The molecule has 45 heavy (non-hydrogen) atoms. The van der Waals surface area contributed by atoms with Crippen LogP contribution in [0.5, 0.6) is 0 Å². The molecule has 2 heterocycles. The van der Waals surface area contributed by atoms with Crippen LogP contribution in [0.1, 0.15) is 72.5 Å². The van der Waals surface area contributed by atoms with Crippen LogP contribution in [0.3, 0.4) is 0 Å². The van der Waals surface area contributed by atoms with Crippen LogP contribution < -0.4 is 5.46 Å². The predicted octanol–water partition coefficient (Wildman–Crippen LogP) is 11.6. The van der Waals surface area contributed by atoms with E-state index in [4.69, 9.17) is 44.1 Å². The third-order valence-corrected chi connectivity index (χ3v) is 10.5. The van der Waals surface area contributed by atoms with Crippen LogP contribution in [0, 0.1) is 55.4 Å². The Kier molecular flexibility index (Phi) is 12.5. The van der Waals surface area contributed by atoms with Gasteiger partial charge in [0.05, 0.1) is 11.2 Å². The molecule has 1 aliphatic heterocycles. The van der Waals surface area contributed by atoms with Crippen LogP contribution >= 0.6 is 50.7 Å². The molecule has 0 N–H and O–H groups in total. The molecule has 0 aliphatic carbocycles. The van der Waals surface area contributed by atoms with Crippen molar-refractivity contribution >= 4 is 63.3 Å². The van der Waals surface area contributed by atoms with Crippen LogP contribution in [-0.2, 0) is 9.31 Å². The minimum atomic E-state index is -0.315. The van der Waals surface area contributed by atoms with Gasteiger partial charge in [-0.1, -0.05) is 62.9 Å². The van der Waals surface area contributed by atoms with Gasteiger partial charge in [0, 0.05) is 30.9 Å². The zero-order valence-corrected chi connectivity index (χ0v) is 32.3. The fraction of sp³-hybridized carbons (Fsp3) is 0.378. The van der Waals surface area contributed by atoms with Crippen molar-refractivity contribution in [3.63, 3.8) is 0 Å². The first-order chi connectivity index (χ1) is 20.7. The number of hydrogen-bond acceptors (Lipinski definition) is 3. The fourth-order valence-electron chi connectivity index (χ4n) is 5.10. The van der Waals surface area contributed by atoms with E-state index in [1.54, 1.807) is 0 Å². The molecule has 0 unspecified atom stereocenters. The third kappa shape index (κ3) is 9.37. The average Bonchev–Trinajstić information content (AvgIpc) is 3.15. The summed E-state index contributed by atoms with van der Waals surface area (Å²) in [6.07, 6.45) is 0. The first kappa shape index (κ1) is 37.6. The van der Waals surface area contributed by atoms with E-state index in [-0.39, 0.29) is 18.3 Å². The number of aromatic nitrogens is 1. The molecule has 0 saturated carbocycles. The second-order valence-corrected chi connectivity index (χ2v) is 15.0. The van der Waals surface area contributed by atoms with Crippen LogP contribution in [0.4, 0.5) is 0 Å². The average molecular weight is 732 g/mol. The molecular weight excluding hydrogens is 687 g/mol. The van der Waals surface area contributed by atoms with E-state index in [0.29, 0.717) is 0 Å². The Hall–Kier alpha value is -1.86. The van der Waals surface area contributed by atoms with Crippen LogP contribution in [0.25, 0.3) is 11.1 Å². The number of rotatable bonds is 2. The summed E-state index contributed by atoms with van der Waals surface area (Å²) < 4.78 is 13.2. The Labute approximate surface area is 294 Å². The maximum Gasteiger partial charge on any atom is 0.494 e. The van der Waals surface area contributed by atoms with Gasteiger partial charge in [0.15, 0.2) is 0 Å². The Morgan fingerprint density at radius 1 is 0.533 bits per heavy atom. The largest absolute Gasteiger partial charge is 0.494 e. The number of pyridine rings is 1. The van der Waals surface area contributed by atoms with Crippen molar-refractivity contribution in [2.24, 2.45) is 0 Å². The first-order valence-corrected chi connectivity index (χ1v) is 16.9. The third-order valence-electron chi connectivity index (χ3n) is 8.24. The zero-order valence-electron chi connectivity index (χ0n) is 28.5. The SMILES string of the molecule is Cc1cc(-c2cc(C)c(Cl)c(C)c2)cc(C)n1.Cc1cc(B2OC(C)(C)C(C)(C)O2)cc(C)c1Cl.Cc1cc(Br)cc(C)c1Cl. The van der Waals surface area contributed by atoms with Gasteiger partial charge in [0.2, 0.25) is 0 Å². The molecule has 4 aromatic rings. The van der Waals surface area contributed by atoms with E-state index >= 15 is 0 Å². The molecule has 5 rings (SSSR count). The number of halogens is 4. The summed E-state index contributed by atoms with van der Waals surface area (Å²) in [4.78, 5) is 4.40. The lowest BCUT2D eigenvalue weighted by Crippen LogP contribution is -2.41. The molecule has 1 saturated heterocycles. The maximum absolute atomic E-state index is 6.19. The number of aryl methyl sites for hydroxylation is 8. The minimum absolute atomic E-state index is 0.306. The van der Waals surface area contributed by atoms with Gasteiger partial charge in [-0.3, -0.25) is 4.98 Å². The van der Waals surface area contributed by atoms with Crippen molar-refractivity contribution in [2.75, 3.05) is 0 Å². The number of nitrogens with zero attached hydrogens (tertiary/aromatic N) is 1. The molecule has 0 bridgehead atoms. The summed E-state index contributed by atoms with van der Waals surface area (Å²) in [6.45, 7) is 24.4. The van der Waals surface area contributed by atoms with Gasteiger partial charge in [-0.25, -0.2) is 0 Å². The second-order valence-electron chi connectivity index (χ2n) is 13.0. The fourth-order valence-corrected chi connectivity index (χ4v) is 6.12. The van der Waals surface area contributed by atoms with Gasteiger partial charge in [0.1, 0.15) is 0 Å². The molecule has 1 aromatic heterocycles. The lowest BCUT2D eigenvalue weighted by molar-refractivity contribution is 0.00578. The summed E-state index contributed by atoms with van der Waals surface area (Å²) in [5.41, 5.74) is 11.5. The summed E-state index contributed by atoms with van der Waals surface area (Å²) in [5, 5.41) is 2.54. The normalized spacial score (nSPS) is 14.8. The van der Waals surface area contributed by atoms with Crippen molar-refractivity contribution < 1.29 is 9.31 Å². The van der Waals surface area contributed by atoms with E-state index in [2.05, 4.69) is 72.9 Å². The molecule has 0 radical (unpaired) electrons. The lowest BCUT2D eigenvalue weighted by Gasteiger charge is -2.32. The Morgan fingerprint density at radius 3 is 1.22 bits per heavy atom. The highest BCUT2D eigenvalue weighted by Crippen LogP contribution is 2.37. The quantitative estimate of drug-likeness (QED) is 0.192. The van der Waals surface area contributed by atoms with Gasteiger partial charge in [-0.05, 0) is 169 Å². The van der Waals surface area contributed by atoms with E-state index in [0.717, 1.165) is 69.8 Å². The summed E-state index contributed by atoms with van der Waals surface area (Å²) in [6, 6.07) is 16.6. The second kappa shape index (κ2) is 14.9. The standard InChI is InChI=1S/C15H16ClN.C14H20BClO2.C8H8BrCl/c1-9-5-13(6-10(2)15(9)16)14-7-11(3)17-12(4)8-14;1-9-7-11(8-10(2)12(9)16)15-17-13(3,4)14(5,6)18-15;1-5-3-7(9)4-6(2)8(5)10/h5-8H,1-4H3;7-8H,1-6H3;3-4H,1-2H3. The van der Waals surface area contributed by atoms with Crippen molar-refractivity contribution in [1.29, 1.82) is 0 Å². The van der Waals surface area contributed by atoms with Gasteiger partial charge in [-0.2, -0.15) is 0 Å². The summed E-state index contributed by atoms with van der Waals surface area (Å²) >= 11 is 21.7. The van der Waals surface area contributed by atoms with Crippen molar-refractivity contribution in [1.82, 2.24) is 4.98 Å². The van der Waals surface area contributed by atoms with Crippen molar-refractivity contribution in [3.05, 3.63) is 113 Å². The number of hydrogen-bond donors (Lipinski definition) is 0. The summed E-state index contributed by atoms with van der Waals surface area (Å²) in [7, 11) is -0.315. The van der Waals surface area contributed by atoms with E-state index in [1.165, 1.54) is 11.1 Å². The maximum atomic E-state index is 6.19. The van der Waals surface area contributed by atoms with Crippen molar-refractivity contribution in [2.45, 2.75) is 94.3 Å². The van der Waals surface area contributed by atoms with Gasteiger partial charge in [0.25, 0.3) is 0 Å². The Morgan fingerprint density at radius 2 is 0.844 bits per heavy atom. The lowest BCUT2D eigenvalue weighted by atomic mass is 9.77. The molecule has 240 valence electrons. The Balaban J connectivity index is 0.000000192. The molecule has 1 aliphatic rings. The molecule has 8 heteroatoms. The smallest absolute Gasteiger partial charge is 0.399 e. The molecule has 0 atom stereocenters. The Bertz CT molecular complexity index is 1600. The van der Waals surface area contributed by atoms with E-state index in [1.807, 2.05) is 79.7 Å². The topological polar surface area (TPSA) is 31.4 Å². The predicted molar refractivity (Wildman–Crippen MR) is 199 cm³/mol. The van der Waals surface area contributed by atoms with Crippen LogP contribution in [-0.4, -0.2) is 23.3 Å². The molecule has 0 spiro atoms. The van der Waals surface area contributed by atoms with Crippen LogP contribution in [0.2, 0.25) is 15.1 Å². The molecule has 3 aromatic carbocycles. The highest BCUT2D eigenvalue weighted by atomic mass is 79.9. The highest BCUT2D eigenvalue weighted by molar-refractivity contribution is 9.10. The zero-order chi connectivity index (χ0) is 34.0. The van der Waals surface area contributed by atoms with Gasteiger partial charge < -0.3 is 9.31 Å². The molecule has 1 fully saturated rings. The molecule has 3 nitrogen and oxygen atoms in total. The van der Waals surface area contributed by atoms with Gasteiger partial charge in [-0.15, -0.1) is 0 Å². The van der Waals surface area contributed by atoms with Gasteiger partial charge >= 0.3 is 7.12 Å². The monoisotopic (exact) mass is 729 g/mol. The van der Waals surface area contributed by atoms with E-state index < -0.39 is 0 Å². The van der Waals surface area contributed by atoms with Crippen LogP contribution in [0.15, 0.2) is 53.0 Å². The molecule has 0 amide bonds. The summed E-state index contributed by atoms with van der Waals surface area (Å²) in [5.74, 6) is 0. The highest BCUT2D eigenvalue weighted by Gasteiger charge is 2.51. The first-order valence-electron chi connectivity index (χ1n) is 15.0. The molecular formula is C37H44BBrCl3NO2. The van der Waals surface area contributed by atoms with Crippen molar-refractivity contribution in [3.8, 4) is 11.1 Å². The van der Waals surface area contributed by atoms with E-state index in [9.17, 15) is 0 Å². The number of benzene rings is 3.